The number of nitrogens with zero attached hydrogens (tertiary/aromatic N) is 2. The van der Waals surface area contributed by atoms with Crippen LogP contribution in [0.1, 0.15) is 31.0 Å². The van der Waals surface area contributed by atoms with Gasteiger partial charge in [0.25, 0.3) is 0 Å². The maximum absolute atomic E-state index is 5.24. The number of hydrogen-bond donors (Lipinski definition) is 1. The molecule has 108 valence electrons. The molecule has 1 aromatic carbocycles. The van der Waals surface area contributed by atoms with Crippen LogP contribution in [-0.2, 0) is 17.9 Å². The monoisotopic (exact) mass is 273 g/mol. The van der Waals surface area contributed by atoms with E-state index >= 15 is 0 Å². The van der Waals surface area contributed by atoms with Crippen LogP contribution in [0.25, 0.3) is 0 Å². The lowest BCUT2D eigenvalue weighted by atomic mass is 10.2. The first-order valence-corrected chi connectivity index (χ1v) is 7.12. The Hall–Kier alpha value is -1.81. The summed E-state index contributed by atoms with van der Waals surface area (Å²) in [6.45, 7) is 5.81. The van der Waals surface area contributed by atoms with E-state index in [2.05, 4.69) is 40.1 Å². The van der Waals surface area contributed by atoms with Crippen LogP contribution in [0.2, 0.25) is 0 Å². The number of rotatable bonds is 7. The lowest BCUT2D eigenvalue weighted by molar-refractivity contribution is 0.185. The minimum absolute atomic E-state index is 0.595. The van der Waals surface area contributed by atoms with E-state index in [1.165, 1.54) is 6.42 Å². The smallest absolute Gasteiger partial charge is 0.207 e. The Morgan fingerprint density at radius 3 is 2.85 bits per heavy atom. The Kier molecular flexibility index (Phi) is 5.18. The van der Waals surface area contributed by atoms with E-state index in [1.807, 2.05) is 19.1 Å². The molecule has 2 rings (SSSR count). The van der Waals surface area contributed by atoms with Gasteiger partial charge in [0.15, 0.2) is 0 Å². The Morgan fingerprint density at radius 2 is 2.10 bits per heavy atom. The first-order valence-electron chi connectivity index (χ1n) is 7.12. The molecule has 0 saturated heterocycles. The van der Waals surface area contributed by atoms with Gasteiger partial charge in [0.1, 0.15) is 0 Å². The molecular weight excluding hydrogens is 250 g/mol. The minimum atomic E-state index is 0.595. The normalized spacial score (nSPS) is 10.8. The second kappa shape index (κ2) is 7.10. The first kappa shape index (κ1) is 14.6. The van der Waals surface area contributed by atoms with Crippen LogP contribution in [0, 0.1) is 6.92 Å². The largest absolute Gasteiger partial charge is 0.380 e. The highest BCUT2D eigenvalue weighted by Gasteiger charge is 2.08. The lowest BCUT2D eigenvalue weighted by Crippen LogP contribution is -2.05. The number of aryl methyl sites for hydroxylation is 2. The van der Waals surface area contributed by atoms with Crippen molar-refractivity contribution in [1.82, 2.24) is 9.55 Å². The molecule has 0 aliphatic carbocycles. The van der Waals surface area contributed by atoms with Crippen molar-refractivity contribution < 1.29 is 4.74 Å². The quantitative estimate of drug-likeness (QED) is 0.832. The number of benzene rings is 1. The lowest BCUT2D eigenvalue weighted by Gasteiger charge is -2.12. The Morgan fingerprint density at radius 1 is 1.30 bits per heavy atom. The number of unbranched alkanes of at least 4 members (excludes halogenated alkanes) is 1. The van der Waals surface area contributed by atoms with Crippen molar-refractivity contribution in [3.05, 3.63) is 41.7 Å². The van der Waals surface area contributed by atoms with E-state index in [0.717, 1.165) is 35.9 Å². The molecule has 4 nitrogen and oxygen atoms in total. The predicted molar refractivity (Wildman–Crippen MR) is 82.3 cm³/mol. The van der Waals surface area contributed by atoms with Crippen LogP contribution in [0.3, 0.4) is 0 Å². The molecule has 0 aliphatic heterocycles. The summed E-state index contributed by atoms with van der Waals surface area (Å²) in [6, 6.07) is 8.17. The average Bonchev–Trinajstić information content (AvgIpc) is 2.79. The van der Waals surface area contributed by atoms with Crippen LogP contribution in [0.4, 0.5) is 11.6 Å². The van der Waals surface area contributed by atoms with Crippen LogP contribution in [-0.4, -0.2) is 16.7 Å². The molecule has 0 amide bonds. The third-order valence-electron chi connectivity index (χ3n) is 3.21. The van der Waals surface area contributed by atoms with Crippen molar-refractivity contribution in [2.75, 3.05) is 12.4 Å². The zero-order valence-electron chi connectivity index (χ0n) is 12.5. The Labute approximate surface area is 120 Å². The maximum atomic E-state index is 5.24. The van der Waals surface area contributed by atoms with E-state index in [4.69, 9.17) is 4.74 Å². The standard InChI is InChI=1S/C16H23N3O/c1-4-5-10-19-11-13(2)17-16(19)18-15-9-7-6-8-14(15)12-20-3/h6-9,11H,4-5,10,12H2,1-3H3,(H,17,18). The molecule has 1 heterocycles. The third kappa shape index (κ3) is 3.61. The van der Waals surface area contributed by atoms with Crippen molar-refractivity contribution in [3.63, 3.8) is 0 Å². The SMILES string of the molecule is CCCCn1cc(C)nc1Nc1ccccc1COC. The van der Waals surface area contributed by atoms with Gasteiger partial charge in [-0.15, -0.1) is 0 Å². The number of methoxy groups -OCH3 is 1. The zero-order valence-corrected chi connectivity index (χ0v) is 12.5. The number of hydrogen-bond acceptors (Lipinski definition) is 3. The van der Waals surface area contributed by atoms with E-state index < -0.39 is 0 Å². The van der Waals surface area contributed by atoms with Gasteiger partial charge in [-0.2, -0.15) is 0 Å². The molecular formula is C16H23N3O. The van der Waals surface area contributed by atoms with Crippen molar-refractivity contribution in [3.8, 4) is 0 Å². The van der Waals surface area contributed by atoms with Crippen molar-refractivity contribution >= 4 is 11.6 Å². The van der Waals surface area contributed by atoms with Crippen molar-refractivity contribution in [2.45, 2.75) is 39.8 Å². The summed E-state index contributed by atoms with van der Waals surface area (Å²) in [5.41, 5.74) is 3.23. The molecule has 0 bridgehead atoms. The number of imidazole rings is 1. The average molecular weight is 273 g/mol. The van der Waals surface area contributed by atoms with E-state index in [1.54, 1.807) is 7.11 Å². The maximum Gasteiger partial charge on any atom is 0.207 e. The van der Waals surface area contributed by atoms with Gasteiger partial charge in [-0.05, 0) is 19.4 Å². The van der Waals surface area contributed by atoms with E-state index in [0.29, 0.717) is 6.61 Å². The number of para-hydroxylation sites is 1. The van der Waals surface area contributed by atoms with Gasteiger partial charge in [-0.3, -0.25) is 0 Å². The molecule has 0 fully saturated rings. The molecule has 0 aliphatic rings. The molecule has 20 heavy (non-hydrogen) atoms. The minimum Gasteiger partial charge on any atom is -0.380 e. The van der Waals surface area contributed by atoms with E-state index in [-0.39, 0.29) is 0 Å². The van der Waals surface area contributed by atoms with Gasteiger partial charge < -0.3 is 14.6 Å². The fourth-order valence-corrected chi connectivity index (χ4v) is 2.19. The van der Waals surface area contributed by atoms with Crippen LogP contribution >= 0.6 is 0 Å². The number of ether oxygens (including phenoxy) is 1. The van der Waals surface area contributed by atoms with Gasteiger partial charge in [-0.1, -0.05) is 31.5 Å². The zero-order chi connectivity index (χ0) is 14.4. The van der Waals surface area contributed by atoms with Gasteiger partial charge in [0, 0.05) is 31.1 Å². The second-order valence-electron chi connectivity index (χ2n) is 4.97. The van der Waals surface area contributed by atoms with Crippen molar-refractivity contribution in [2.24, 2.45) is 0 Å². The molecule has 1 N–H and O–H groups in total. The van der Waals surface area contributed by atoms with E-state index in [9.17, 15) is 0 Å². The second-order valence-corrected chi connectivity index (χ2v) is 4.97. The topological polar surface area (TPSA) is 39.1 Å². The predicted octanol–water partition coefficient (Wildman–Crippen LogP) is 3.88. The Bertz CT molecular complexity index is 548. The summed E-state index contributed by atoms with van der Waals surface area (Å²) >= 11 is 0. The molecule has 0 saturated carbocycles. The van der Waals surface area contributed by atoms with Crippen LogP contribution in [0.15, 0.2) is 30.5 Å². The number of nitrogens with one attached hydrogen (secondary N) is 1. The van der Waals surface area contributed by atoms with Gasteiger partial charge in [0.05, 0.1) is 12.3 Å². The molecule has 4 heteroatoms. The highest BCUT2D eigenvalue weighted by atomic mass is 16.5. The van der Waals surface area contributed by atoms with Crippen LogP contribution in [0.5, 0.6) is 0 Å². The highest BCUT2D eigenvalue weighted by molar-refractivity contribution is 5.58. The third-order valence-corrected chi connectivity index (χ3v) is 3.21. The summed E-state index contributed by atoms with van der Waals surface area (Å²) in [4.78, 5) is 4.57. The van der Waals surface area contributed by atoms with Crippen molar-refractivity contribution in [1.29, 1.82) is 0 Å². The van der Waals surface area contributed by atoms with Crippen LogP contribution < -0.4 is 5.32 Å². The molecule has 0 atom stereocenters. The summed E-state index contributed by atoms with van der Waals surface area (Å²) in [7, 11) is 1.71. The molecule has 0 radical (unpaired) electrons. The molecule has 2 aromatic rings. The molecule has 0 spiro atoms. The number of aromatic nitrogens is 2. The van der Waals surface area contributed by atoms with Gasteiger partial charge in [-0.25, -0.2) is 4.98 Å². The first-order chi connectivity index (χ1) is 9.74. The summed E-state index contributed by atoms with van der Waals surface area (Å²) in [5, 5.41) is 3.43. The summed E-state index contributed by atoms with van der Waals surface area (Å²) in [5.74, 6) is 0.902. The van der Waals surface area contributed by atoms with Gasteiger partial charge >= 0.3 is 0 Å². The summed E-state index contributed by atoms with van der Waals surface area (Å²) in [6.07, 6.45) is 4.43. The molecule has 0 unspecified atom stereocenters. The summed E-state index contributed by atoms with van der Waals surface area (Å²) < 4.78 is 7.42. The van der Waals surface area contributed by atoms with Gasteiger partial charge in [0.2, 0.25) is 5.95 Å². The number of anilines is 2. The fourth-order valence-electron chi connectivity index (χ4n) is 2.19. The highest BCUT2D eigenvalue weighted by Crippen LogP contribution is 2.21. The Balaban J connectivity index is 2.21. The fraction of sp³-hybridized carbons (Fsp3) is 0.438. The molecule has 1 aromatic heterocycles.